The second-order valence-corrected chi connectivity index (χ2v) is 7.24. The van der Waals surface area contributed by atoms with E-state index in [0.29, 0.717) is 34.3 Å². The first-order valence-electron chi connectivity index (χ1n) is 8.69. The molecule has 0 unspecified atom stereocenters. The predicted octanol–water partition coefficient (Wildman–Crippen LogP) is 3.49. The highest BCUT2D eigenvalue weighted by Gasteiger charge is 2.41. The summed E-state index contributed by atoms with van der Waals surface area (Å²) in [6, 6.07) is 4.92. The number of hydrogen-bond donors (Lipinski definition) is 0. The lowest BCUT2D eigenvalue weighted by atomic mass is 10.1. The number of methoxy groups -OCH3 is 2. The lowest BCUT2D eigenvalue weighted by molar-refractivity contribution is -0.144. The van der Waals surface area contributed by atoms with Crippen molar-refractivity contribution in [1.82, 2.24) is 14.5 Å². The number of esters is 1. The maximum absolute atomic E-state index is 12.4. The van der Waals surface area contributed by atoms with E-state index >= 15 is 0 Å². The Bertz CT molecular complexity index is 1030. The second kappa shape index (κ2) is 7.58. The van der Waals surface area contributed by atoms with Crippen molar-refractivity contribution in [3.05, 3.63) is 47.0 Å². The van der Waals surface area contributed by atoms with Crippen molar-refractivity contribution >= 4 is 45.9 Å². The minimum Gasteiger partial charge on any atom is -0.467 e. The number of fused-ring (bicyclic) bond motifs is 1. The summed E-state index contributed by atoms with van der Waals surface area (Å²) in [6.45, 7) is 0.596. The molecule has 4 rings (SSSR count). The Labute approximate surface area is 171 Å². The molecule has 1 saturated heterocycles. The van der Waals surface area contributed by atoms with E-state index in [-0.39, 0.29) is 12.1 Å². The van der Waals surface area contributed by atoms with Crippen molar-refractivity contribution in [1.29, 1.82) is 0 Å². The van der Waals surface area contributed by atoms with Gasteiger partial charge in [-0.3, -0.25) is 0 Å². The Morgan fingerprint density at radius 1 is 1.29 bits per heavy atom. The standard InChI is InChI=1S/C19H18Cl2N4O3/c1-27-14-5-7-25(18(14)19(26)28-2)15-9-13(24-8-6-22-10-24)11-3-4-12(20)16(21)17(11)23-15/h3-4,6,8-10,14,18H,5,7H2,1-2H3/t14-,18-/m0/s1. The third kappa shape index (κ3) is 3.09. The van der Waals surface area contributed by atoms with Gasteiger partial charge in [0.2, 0.25) is 0 Å². The van der Waals surface area contributed by atoms with Crippen LogP contribution < -0.4 is 4.90 Å². The zero-order chi connectivity index (χ0) is 19.8. The van der Waals surface area contributed by atoms with Gasteiger partial charge in [0.15, 0.2) is 6.04 Å². The van der Waals surface area contributed by atoms with Gasteiger partial charge in [0.25, 0.3) is 0 Å². The molecule has 2 aromatic heterocycles. The van der Waals surface area contributed by atoms with E-state index in [1.54, 1.807) is 25.7 Å². The smallest absolute Gasteiger partial charge is 0.331 e. The van der Waals surface area contributed by atoms with Crippen molar-refractivity contribution in [3.63, 3.8) is 0 Å². The van der Waals surface area contributed by atoms with Gasteiger partial charge in [-0.05, 0) is 18.6 Å². The lowest BCUT2D eigenvalue weighted by Crippen LogP contribution is -2.43. The molecule has 0 amide bonds. The van der Waals surface area contributed by atoms with Crippen LogP contribution in [0, 0.1) is 0 Å². The van der Waals surface area contributed by atoms with Gasteiger partial charge in [-0.25, -0.2) is 14.8 Å². The Morgan fingerprint density at radius 2 is 2.11 bits per heavy atom. The molecule has 3 heterocycles. The van der Waals surface area contributed by atoms with Gasteiger partial charge in [-0.1, -0.05) is 23.2 Å². The van der Waals surface area contributed by atoms with E-state index < -0.39 is 6.04 Å². The summed E-state index contributed by atoms with van der Waals surface area (Å²) in [5, 5.41) is 1.60. The lowest BCUT2D eigenvalue weighted by Gasteiger charge is -2.27. The van der Waals surface area contributed by atoms with Crippen LogP contribution in [-0.2, 0) is 14.3 Å². The van der Waals surface area contributed by atoms with Gasteiger partial charge in [-0.2, -0.15) is 0 Å². The molecule has 1 aliphatic heterocycles. The zero-order valence-electron chi connectivity index (χ0n) is 15.3. The first kappa shape index (κ1) is 19.0. The Balaban J connectivity index is 1.92. The molecule has 0 aliphatic carbocycles. The minimum absolute atomic E-state index is 0.281. The normalized spacial score (nSPS) is 19.4. The van der Waals surface area contributed by atoms with Gasteiger partial charge in [0, 0.05) is 37.5 Å². The second-order valence-electron chi connectivity index (χ2n) is 6.45. The molecule has 0 bridgehead atoms. The van der Waals surface area contributed by atoms with E-state index in [9.17, 15) is 4.79 Å². The molecule has 1 aliphatic rings. The maximum Gasteiger partial charge on any atom is 0.331 e. The minimum atomic E-state index is -0.589. The van der Waals surface area contributed by atoms with Crippen molar-refractivity contribution in [2.75, 3.05) is 25.7 Å². The number of imidazole rings is 1. The SMILES string of the molecule is COC(=O)[C@@H]1[C@@H](OC)CCN1c1cc(-n2ccnc2)c2ccc(Cl)c(Cl)c2n1. The van der Waals surface area contributed by atoms with Crippen LogP contribution in [0.25, 0.3) is 16.6 Å². The van der Waals surface area contributed by atoms with E-state index in [0.717, 1.165) is 11.1 Å². The fourth-order valence-electron chi connectivity index (χ4n) is 3.63. The topological polar surface area (TPSA) is 69.5 Å². The van der Waals surface area contributed by atoms with Gasteiger partial charge >= 0.3 is 5.97 Å². The summed E-state index contributed by atoms with van der Waals surface area (Å²) < 4.78 is 12.4. The van der Waals surface area contributed by atoms with Gasteiger partial charge < -0.3 is 18.9 Å². The molecule has 0 saturated carbocycles. The van der Waals surface area contributed by atoms with Crippen LogP contribution in [0.4, 0.5) is 5.82 Å². The average Bonchev–Trinajstić information content (AvgIpc) is 3.39. The molecule has 3 aromatic rings. The number of ether oxygens (including phenoxy) is 2. The van der Waals surface area contributed by atoms with Gasteiger partial charge in [0.05, 0.1) is 40.8 Å². The Hall–Kier alpha value is -2.35. The van der Waals surface area contributed by atoms with E-state index in [2.05, 4.69) is 4.98 Å². The van der Waals surface area contributed by atoms with Crippen LogP contribution in [0.5, 0.6) is 0 Å². The number of anilines is 1. The third-order valence-corrected chi connectivity index (χ3v) is 5.80. The highest BCUT2D eigenvalue weighted by atomic mass is 35.5. The summed E-state index contributed by atoms with van der Waals surface area (Å²) in [5.41, 5.74) is 1.39. The van der Waals surface area contributed by atoms with Crippen LogP contribution >= 0.6 is 23.2 Å². The number of aromatic nitrogens is 3. The first-order chi connectivity index (χ1) is 13.5. The summed E-state index contributed by atoms with van der Waals surface area (Å²) >= 11 is 12.7. The van der Waals surface area contributed by atoms with E-state index in [1.807, 2.05) is 27.8 Å². The van der Waals surface area contributed by atoms with E-state index in [1.165, 1.54) is 7.11 Å². The molecule has 1 aromatic carbocycles. The molecule has 7 nitrogen and oxygen atoms in total. The number of halogens is 2. The quantitative estimate of drug-likeness (QED) is 0.601. The highest BCUT2D eigenvalue weighted by Crippen LogP contribution is 2.36. The van der Waals surface area contributed by atoms with Crippen molar-refractivity contribution < 1.29 is 14.3 Å². The van der Waals surface area contributed by atoms with Crippen LogP contribution in [0.1, 0.15) is 6.42 Å². The van der Waals surface area contributed by atoms with Gasteiger partial charge in [-0.15, -0.1) is 0 Å². The molecule has 0 radical (unpaired) electrons. The molecule has 2 atom stereocenters. The summed E-state index contributed by atoms with van der Waals surface area (Å²) in [5.74, 6) is 0.225. The molecule has 9 heteroatoms. The molecule has 0 N–H and O–H groups in total. The maximum atomic E-state index is 12.4. The number of benzene rings is 1. The monoisotopic (exact) mass is 420 g/mol. The Morgan fingerprint density at radius 3 is 2.79 bits per heavy atom. The molecule has 146 valence electrons. The van der Waals surface area contributed by atoms with Crippen LogP contribution in [0.3, 0.4) is 0 Å². The highest BCUT2D eigenvalue weighted by molar-refractivity contribution is 6.45. The van der Waals surface area contributed by atoms with Crippen molar-refractivity contribution in [2.45, 2.75) is 18.6 Å². The number of carbonyl (C=O) groups excluding carboxylic acids is 1. The fraction of sp³-hybridized carbons (Fsp3) is 0.316. The molecule has 0 spiro atoms. The number of nitrogens with zero attached hydrogens (tertiary/aromatic N) is 4. The molecular formula is C19H18Cl2N4O3. The first-order valence-corrected chi connectivity index (χ1v) is 9.45. The van der Waals surface area contributed by atoms with Gasteiger partial charge in [0.1, 0.15) is 5.82 Å². The number of pyridine rings is 1. The third-order valence-electron chi connectivity index (χ3n) is 5.00. The molecular weight excluding hydrogens is 403 g/mol. The molecule has 1 fully saturated rings. The number of carbonyl (C=O) groups is 1. The van der Waals surface area contributed by atoms with Crippen molar-refractivity contribution in [3.8, 4) is 5.69 Å². The summed E-state index contributed by atoms with van der Waals surface area (Å²) in [7, 11) is 2.96. The van der Waals surface area contributed by atoms with Crippen LogP contribution in [0.15, 0.2) is 36.9 Å². The summed E-state index contributed by atoms with van der Waals surface area (Å²) in [4.78, 5) is 23.2. The predicted molar refractivity (Wildman–Crippen MR) is 107 cm³/mol. The number of hydrogen-bond acceptors (Lipinski definition) is 6. The summed E-state index contributed by atoms with van der Waals surface area (Å²) in [6.07, 6.45) is 5.62. The average molecular weight is 421 g/mol. The molecule has 28 heavy (non-hydrogen) atoms. The zero-order valence-corrected chi connectivity index (χ0v) is 16.8. The fourth-order valence-corrected chi connectivity index (χ4v) is 3.99. The number of rotatable bonds is 4. The van der Waals surface area contributed by atoms with E-state index in [4.69, 9.17) is 37.7 Å². The largest absolute Gasteiger partial charge is 0.467 e. The van der Waals surface area contributed by atoms with Crippen molar-refractivity contribution in [2.24, 2.45) is 0 Å². The van der Waals surface area contributed by atoms with Crippen LogP contribution in [0.2, 0.25) is 10.0 Å². The Kier molecular flexibility index (Phi) is 5.14. The van der Waals surface area contributed by atoms with Crippen LogP contribution in [-0.4, -0.2) is 53.4 Å².